The molecule has 98 valence electrons. The maximum Gasteiger partial charge on any atom is 0.411 e. The van der Waals surface area contributed by atoms with Gasteiger partial charge in [0.15, 0.2) is 0 Å². The molecule has 1 atom stereocenters. The lowest BCUT2D eigenvalue weighted by molar-refractivity contribution is -0.174. The van der Waals surface area contributed by atoms with E-state index in [1.165, 1.54) is 11.3 Å². The Morgan fingerprint density at radius 2 is 2.06 bits per heavy atom. The van der Waals surface area contributed by atoms with Crippen LogP contribution in [-0.4, -0.2) is 19.4 Å². The number of halogens is 6. The lowest BCUT2D eigenvalue weighted by Crippen LogP contribution is -2.17. The molecule has 0 bridgehead atoms. The zero-order valence-corrected chi connectivity index (χ0v) is 12.3. The second-order valence-electron chi connectivity index (χ2n) is 3.20. The molecule has 0 aliphatic heterocycles. The minimum atomic E-state index is -4.29. The lowest BCUT2D eigenvalue weighted by atomic mass is 10.2. The Labute approximate surface area is 119 Å². The van der Waals surface area contributed by atoms with E-state index in [1.54, 1.807) is 6.07 Å². The molecule has 1 aromatic heterocycles. The summed E-state index contributed by atoms with van der Waals surface area (Å²) in [5.41, 5.74) is 0.775. The zero-order valence-electron chi connectivity index (χ0n) is 8.36. The molecule has 1 nitrogen and oxygen atoms in total. The smallest absolute Gasteiger partial charge is 0.372 e. The molecule has 0 aliphatic rings. The number of thiophene rings is 1. The van der Waals surface area contributed by atoms with Crippen LogP contribution in [0, 0.1) is 0 Å². The van der Waals surface area contributed by atoms with Gasteiger partial charge in [-0.15, -0.1) is 11.3 Å². The van der Waals surface area contributed by atoms with Crippen molar-refractivity contribution in [1.82, 2.24) is 0 Å². The van der Waals surface area contributed by atoms with Crippen molar-refractivity contribution < 1.29 is 17.9 Å². The summed E-state index contributed by atoms with van der Waals surface area (Å²) in [6.45, 7) is -1.23. The quantitative estimate of drug-likeness (QED) is 0.493. The van der Waals surface area contributed by atoms with Crippen molar-refractivity contribution >= 4 is 50.5 Å². The number of hydrogen-bond acceptors (Lipinski definition) is 2. The summed E-state index contributed by atoms with van der Waals surface area (Å²) < 4.78 is 41.0. The minimum absolute atomic E-state index is 0.000773. The van der Waals surface area contributed by atoms with Crippen LogP contribution in [0.25, 0.3) is 0 Å². The summed E-state index contributed by atoms with van der Waals surface area (Å²) in [5, 5.41) is 0. The molecular weight excluding hydrogens is 364 g/mol. The van der Waals surface area contributed by atoms with Gasteiger partial charge in [-0.05, 0) is 18.1 Å². The summed E-state index contributed by atoms with van der Waals surface area (Å²) in [5.74, 6) is 0. The fraction of sp³-hybridized carbons (Fsp3) is 0.556. The fourth-order valence-corrected chi connectivity index (χ4v) is 3.51. The van der Waals surface area contributed by atoms with E-state index in [0.717, 1.165) is 5.56 Å². The van der Waals surface area contributed by atoms with Gasteiger partial charge >= 0.3 is 6.18 Å². The average Bonchev–Trinajstić information content (AvgIpc) is 2.51. The third-order valence-corrected chi connectivity index (χ3v) is 4.27. The molecule has 0 fully saturated rings. The first kappa shape index (κ1) is 15.6. The Bertz CT molecular complexity index is 370. The molecule has 0 amide bonds. The van der Waals surface area contributed by atoms with Crippen molar-refractivity contribution in [3.63, 3.8) is 0 Å². The van der Waals surface area contributed by atoms with Crippen LogP contribution in [0.1, 0.15) is 16.8 Å². The molecule has 0 spiro atoms. The van der Waals surface area contributed by atoms with Gasteiger partial charge in [-0.2, -0.15) is 13.2 Å². The largest absolute Gasteiger partial charge is 0.411 e. The second kappa shape index (κ2) is 6.61. The standard InChI is InChI=1S/C9H8BrCl2F3OS/c10-6(1-2-16-4-9(13,14)15)5-3-7(11)17-8(5)12/h3,6H,1-2,4H2. The molecule has 1 aromatic rings. The van der Waals surface area contributed by atoms with Crippen LogP contribution in [0.4, 0.5) is 13.2 Å². The molecule has 0 N–H and O–H groups in total. The van der Waals surface area contributed by atoms with Crippen LogP contribution in [0.15, 0.2) is 6.07 Å². The lowest BCUT2D eigenvalue weighted by Gasteiger charge is -2.10. The third-order valence-electron chi connectivity index (χ3n) is 1.80. The number of hydrogen-bond donors (Lipinski definition) is 0. The van der Waals surface area contributed by atoms with Crippen LogP contribution < -0.4 is 0 Å². The second-order valence-corrected chi connectivity index (χ2v) is 6.59. The van der Waals surface area contributed by atoms with Crippen LogP contribution in [0.3, 0.4) is 0 Å². The van der Waals surface area contributed by atoms with Gasteiger partial charge in [0.1, 0.15) is 6.61 Å². The maximum atomic E-state index is 11.8. The molecule has 0 aromatic carbocycles. The van der Waals surface area contributed by atoms with Crippen molar-refractivity contribution in [2.24, 2.45) is 0 Å². The average molecular weight is 372 g/mol. The molecule has 17 heavy (non-hydrogen) atoms. The highest BCUT2D eigenvalue weighted by molar-refractivity contribution is 9.09. The number of alkyl halides is 4. The first-order valence-electron chi connectivity index (χ1n) is 4.53. The monoisotopic (exact) mass is 370 g/mol. The van der Waals surface area contributed by atoms with Gasteiger partial charge in [0.25, 0.3) is 0 Å². The van der Waals surface area contributed by atoms with Gasteiger partial charge in [0.05, 0.1) is 8.67 Å². The van der Waals surface area contributed by atoms with Crippen molar-refractivity contribution in [3.05, 3.63) is 20.3 Å². The molecule has 0 aliphatic carbocycles. The Balaban J connectivity index is 2.35. The van der Waals surface area contributed by atoms with E-state index in [0.29, 0.717) is 15.1 Å². The summed E-state index contributed by atoms with van der Waals surface area (Å²) >= 11 is 16.2. The highest BCUT2D eigenvalue weighted by atomic mass is 79.9. The Morgan fingerprint density at radius 3 is 2.53 bits per heavy atom. The Kier molecular flexibility index (Phi) is 6.05. The van der Waals surface area contributed by atoms with Gasteiger partial charge in [-0.1, -0.05) is 39.1 Å². The molecule has 0 saturated heterocycles. The summed E-state index contributed by atoms with van der Waals surface area (Å²) in [7, 11) is 0. The van der Waals surface area contributed by atoms with E-state index in [-0.39, 0.29) is 11.4 Å². The fourth-order valence-electron chi connectivity index (χ4n) is 1.10. The zero-order chi connectivity index (χ0) is 13.1. The van der Waals surface area contributed by atoms with Crippen molar-refractivity contribution in [1.29, 1.82) is 0 Å². The highest BCUT2D eigenvalue weighted by Crippen LogP contribution is 2.39. The van der Waals surface area contributed by atoms with Crippen molar-refractivity contribution in [2.75, 3.05) is 13.2 Å². The van der Waals surface area contributed by atoms with Crippen LogP contribution in [0.5, 0.6) is 0 Å². The molecule has 1 rings (SSSR count). The van der Waals surface area contributed by atoms with E-state index in [2.05, 4.69) is 20.7 Å². The van der Waals surface area contributed by atoms with E-state index in [1.807, 2.05) is 0 Å². The topological polar surface area (TPSA) is 9.23 Å². The van der Waals surface area contributed by atoms with Gasteiger partial charge in [-0.3, -0.25) is 0 Å². The summed E-state index contributed by atoms with van der Waals surface area (Å²) in [6, 6.07) is 1.69. The van der Waals surface area contributed by atoms with Crippen LogP contribution >= 0.6 is 50.5 Å². The van der Waals surface area contributed by atoms with Gasteiger partial charge < -0.3 is 4.74 Å². The van der Waals surface area contributed by atoms with E-state index in [9.17, 15) is 13.2 Å². The summed E-state index contributed by atoms with van der Waals surface area (Å²) in [6.07, 6.45) is -3.89. The van der Waals surface area contributed by atoms with Crippen LogP contribution in [-0.2, 0) is 4.74 Å². The Morgan fingerprint density at radius 1 is 1.41 bits per heavy atom. The van der Waals surface area contributed by atoms with Gasteiger partial charge in [-0.25, -0.2) is 0 Å². The minimum Gasteiger partial charge on any atom is -0.372 e. The van der Waals surface area contributed by atoms with E-state index < -0.39 is 12.8 Å². The molecule has 0 saturated carbocycles. The van der Waals surface area contributed by atoms with Crippen molar-refractivity contribution in [2.45, 2.75) is 17.4 Å². The van der Waals surface area contributed by atoms with Crippen LogP contribution in [0.2, 0.25) is 8.67 Å². The summed E-state index contributed by atoms with van der Waals surface area (Å²) in [4.78, 5) is -0.160. The Hall–Kier alpha value is 0.510. The van der Waals surface area contributed by atoms with E-state index in [4.69, 9.17) is 23.2 Å². The predicted molar refractivity (Wildman–Crippen MR) is 67.5 cm³/mol. The normalized spacial score (nSPS) is 14.0. The molecule has 0 radical (unpaired) electrons. The number of ether oxygens (including phenoxy) is 1. The molecule has 1 heterocycles. The van der Waals surface area contributed by atoms with Gasteiger partial charge in [0, 0.05) is 11.4 Å². The molecular formula is C9H8BrCl2F3OS. The first-order valence-corrected chi connectivity index (χ1v) is 7.01. The highest BCUT2D eigenvalue weighted by Gasteiger charge is 2.27. The first-order chi connectivity index (χ1) is 7.79. The molecule has 8 heteroatoms. The van der Waals surface area contributed by atoms with E-state index >= 15 is 0 Å². The molecule has 1 unspecified atom stereocenters. The SMILES string of the molecule is FC(F)(F)COCCC(Br)c1cc(Cl)sc1Cl. The predicted octanol–water partition coefficient (Wildman–Crippen LogP) is 5.46. The van der Waals surface area contributed by atoms with Gasteiger partial charge in [0.2, 0.25) is 0 Å². The maximum absolute atomic E-state index is 11.8. The number of rotatable bonds is 5. The third kappa shape index (κ3) is 5.79. The van der Waals surface area contributed by atoms with Crippen molar-refractivity contribution in [3.8, 4) is 0 Å².